The molecule has 0 aliphatic carbocycles. The van der Waals surface area contributed by atoms with Crippen LogP contribution in [0.3, 0.4) is 0 Å². The molecule has 0 saturated heterocycles. The minimum atomic E-state index is 0. The summed E-state index contributed by atoms with van der Waals surface area (Å²) in [5.41, 5.74) is 6.20. The summed E-state index contributed by atoms with van der Waals surface area (Å²) in [6.45, 7) is 9.23. The molecule has 0 saturated carbocycles. The van der Waals surface area contributed by atoms with Gasteiger partial charge in [-0.3, -0.25) is 0 Å². The zero-order valence-corrected chi connectivity index (χ0v) is 35.4. The molecule has 0 bridgehead atoms. The highest BCUT2D eigenvalue weighted by molar-refractivity contribution is 5.22. The quantitative estimate of drug-likeness (QED) is 0.0498. The third kappa shape index (κ3) is 40.7. The van der Waals surface area contributed by atoms with Gasteiger partial charge in [0.1, 0.15) is 0 Å². The molecule has 0 aliphatic heterocycles. The maximum absolute atomic E-state index is 2.33. The fourth-order valence-corrected chi connectivity index (χ4v) is 8.54. The van der Waals surface area contributed by atoms with Crippen molar-refractivity contribution in [3.8, 4) is 0 Å². The highest BCUT2D eigenvalue weighted by atomic mass is 14.2. The summed E-state index contributed by atoms with van der Waals surface area (Å²) in [7, 11) is 0. The predicted molar refractivity (Wildman–Crippen MR) is 335 cm³/mol. The van der Waals surface area contributed by atoms with E-state index in [1.165, 1.54) is 141 Å². The van der Waals surface area contributed by atoms with E-state index in [2.05, 4.69) is 149 Å². The first-order valence-electron chi connectivity index (χ1n) is 22.9. The average Bonchev–Trinajstić information content (AvgIpc) is 3.23. The van der Waals surface area contributed by atoms with Crippen LogP contribution < -0.4 is 0 Å². The van der Waals surface area contributed by atoms with E-state index in [9.17, 15) is 0 Å². The number of unbranched alkanes of at least 4 members (excludes halogenated alkanes) is 8. The highest BCUT2D eigenvalue weighted by Gasteiger charge is 2.15. The van der Waals surface area contributed by atoms with E-state index in [-0.39, 0.29) is 104 Å². The SMILES string of the molecule is C.C.C.C.C.C.C.C.C.C.C.C.C.C.CCCCC(CCCC(CCCC)c1ccccc1)c1ccccc1.CCCCC(CCCCCCCC(CCCC)c1ccccc1)c1ccccc1. The van der Waals surface area contributed by atoms with Crippen molar-refractivity contribution < 1.29 is 0 Å². The molecule has 4 unspecified atom stereocenters. The Labute approximate surface area is 438 Å². The molecule has 0 amide bonds. The normalized spacial score (nSPS) is 10.6. The van der Waals surface area contributed by atoms with E-state index < -0.39 is 0 Å². The highest BCUT2D eigenvalue weighted by Crippen LogP contribution is 2.33. The van der Waals surface area contributed by atoms with Crippen LogP contribution in [0.2, 0.25) is 0 Å². The molecule has 0 heteroatoms. The van der Waals surface area contributed by atoms with Gasteiger partial charge < -0.3 is 0 Å². The van der Waals surface area contributed by atoms with Gasteiger partial charge >= 0.3 is 0 Å². The third-order valence-electron chi connectivity index (χ3n) is 11.9. The molecule has 4 aromatic carbocycles. The summed E-state index contributed by atoms with van der Waals surface area (Å²) < 4.78 is 0. The van der Waals surface area contributed by atoms with Crippen molar-refractivity contribution in [3.63, 3.8) is 0 Å². The zero-order valence-electron chi connectivity index (χ0n) is 35.4. The Kier molecular flexibility index (Phi) is 88.9. The van der Waals surface area contributed by atoms with Crippen LogP contribution in [0.15, 0.2) is 121 Å². The number of hydrogen-bond donors (Lipinski definition) is 0. The Morgan fingerprint density at radius 1 is 0.206 bits per heavy atom. The molecule has 0 spiro atoms. The molecule has 408 valence electrons. The first-order chi connectivity index (χ1) is 26.7. The lowest BCUT2D eigenvalue weighted by Crippen LogP contribution is -2.03. The Morgan fingerprint density at radius 2 is 0.368 bits per heavy atom. The topological polar surface area (TPSA) is 0 Å². The number of rotatable bonds is 28. The Morgan fingerprint density at radius 3 is 0.559 bits per heavy atom. The molecule has 4 aromatic rings. The standard InChI is InChI=1S/C29H44.C25H36.14CH4/c1-3-5-18-26(28-22-14-10-15-23-28)20-12-8-7-9-13-21-27(19-6-4-2)29-24-16-11-17-25-29;1-3-5-14-22(24-16-9-7-10-17-24)20-13-21-23(15-6-4-2)25-18-11-8-12-19-25;;;;;;;;;;;;;;/h10-11,14-17,22-27H,3-9,12-13,18-21H2,1-2H3;7-12,16-19,22-23H,3-6,13-15,20-21H2,1-2H3;14*1H4. The summed E-state index contributed by atoms with van der Waals surface area (Å²) in [5.74, 6) is 3.02. The van der Waals surface area contributed by atoms with Gasteiger partial charge in [0.25, 0.3) is 0 Å². The second-order valence-electron chi connectivity index (χ2n) is 16.3. The van der Waals surface area contributed by atoms with Crippen LogP contribution in [-0.2, 0) is 0 Å². The molecule has 0 aliphatic rings. The van der Waals surface area contributed by atoms with E-state index in [1.807, 2.05) is 0 Å². The van der Waals surface area contributed by atoms with Gasteiger partial charge in [-0.1, -0.05) is 343 Å². The van der Waals surface area contributed by atoms with Gasteiger partial charge in [0.2, 0.25) is 0 Å². The molecule has 4 rings (SSSR count). The lowest BCUT2D eigenvalue weighted by atomic mass is 9.84. The summed E-state index contributed by atoms with van der Waals surface area (Å²) in [6.07, 6.45) is 29.8. The Hall–Kier alpha value is -3.12. The molecular weight excluding hydrogens is 817 g/mol. The van der Waals surface area contributed by atoms with E-state index in [4.69, 9.17) is 0 Å². The maximum Gasteiger partial charge on any atom is -0.0162 e. The monoisotopic (exact) mass is 953 g/mol. The fraction of sp³-hybridized carbons (Fsp3) is 0.647. The van der Waals surface area contributed by atoms with E-state index >= 15 is 0 Å². The zero-order chi connectivity index (χ0) is 38.3. The van der Waals surface area contributed by atoms with Gasteiger partial charge in [-0.25, -0.2) is 0 Å². The van der Waals surface area contributed by atoms with Gasteiger partial charge in [-0.15, -0.1) is 0 Å². The van der Waals surface area contributed by atoms with Crippen LogP contribution in [0.5, 0.6) is 0 Å². The first-order valence-corrected chi connectivity index (χ1v) is 22.9. The first kappa shape index (κ1) is 94.7. The molecule has 0 aromatic heterocycles. The lowest BCUT2D eigenvalue weighted by molar-refractivity contribution is 0.471. The van der Waals surface area contributed by atoms with Crippen molar-refractivity contribution >= 4 is 0 Å². The maximum atomic E-state index is 2.33. The molecule has 0 fully saturated rings. The summed E-state index contributed by atoms with van der Waals surface area (Å²) >= 11 is 0. The largest absolute Gasteiger partial charge is 0.0776 e. The molecule has 68 heavy (non-hydrogen) atoms. The van der Waals surface area contributed by atoms with E-state index in [0.717, 1.165) is 23.7 Å². The minimum Gasteiger partial charge on any atom is -0.0776 e. The molecule has 0 radical (unpaired) electrons. The van der Waals surface area contributed by atoms with Crippen molar-refractivity contribution in [3.05, 3.63) is 144 Å². The van der Waals surface area contributed by atoms with Gasteiger partial charge in [0, 0.05) is 0 Å². The van der Waals surface area contributed by atoms with Crippen LogP contribution in [0, 0.1) is 0 Å². The van der Waals surface area contributed by atoms with Crippen LogP contribution in [-0.4, -0.2) is 0 Å². The molecule has 0 heterocycles. The van der Waals surface area contributed by atoms with Gasteiger partial charge in [0.05, 0.1) is 0 Å². The van der Waals surface area contributed by atoms with E-state index in [0.29, 0.717) is 0 Å². The van der Waals surface area contributed by atoms with Gasteiger partial charge in [0.15, 0.2) is 0 Å². The van der Waals surface area contributed by atoms with Crippen molar-refractivity contribution in [2.24, 2.45) is 0 Å². The number of hydrogen-bond acceptors (Lipinski definition) is 0. The van der Waals surface area contributed by atoms with Crippen molar-refractivity contribution in [1.29, 1.82) is 0 Å². The molecule has 0 N–H and O–H groups in total. The smallest absolute Gasteiger partial charge is 0.0162 e. The van der Waals surface area contributed by atoms with Crippen molar-refractivity contribution in [1.82, 2.24) is 0 Å². The summed E-state index contributed by atoms with van der Waals surface area (Å²) in [6, 6.07) is 44.8. The number of benzene rings is 4. The van der Waals surface area contributed by atoms with Crippen LogP contribution >= 0.6 is 0 Å². The Bertz CT molecular complexity index is 1250. The molecule has 4 atom stereocenters. The van der Waals surface area contributed by atoms with Gasteiger partial charge in [-0.2, -0.15) is 0 Å². The molecular formula is C68H136. The minimum absolute atomic E-state index is 0. The molecule has 0 nitrogen and oxygen atoms in total. The van der Waals surface area contributed by atoms with Crippen LogP contribution in [0.25, 0.3) is 0 Å². The second-order valence-corrected chi connectivity index (χ2v) is 16.3. The van der Waals surface area contributed by atoms with E-state index in [1.54, 1.807) is 22.3 Å². The van der Waals surface area contributed by atoms with Crippen LogP contribution in [0.4, 0.5) is 0 Å². The van der Waals surface area contributed by atoms with Crippen LogP contribution in [0.1, 0.15) is 319 Å². The Balaban J connectivity index is -0.0000000769. The van der Waals surface area contributed by atoms with Gasteiger partial charge in [-0.05, 0) is 97.3 Å². The summed E-state index contributed by atoms with van der Waals surface area (Å²) in [5, 5.41) is 0. The van der Waals surface area contributed by atoms with Crippen molar-refractivity contribution in [2.45, 2.75) is 297 Å². The predicted octanol–water partition coefficient (Wildman–Crippen LogP) is 26.7. The average molecular weight is 954 g/mol. The summed E-state index contributed by atoms with van der Waals surface area (Å²) in [4.78, 5) is 0. The third-order valence-corrected chi connectivity index (χ3v) is 11.9. The second kappa shape index (κ2) is 63.9. The lowest BCUT2D eigenvalue weighted by Gasteiger charge is -2.21. The van der Waals surface area contributed by atoms with Crippen molar-refractivity contribution in [2.75, 3.05) is 0 Å². The fourth-order valence-electron chi connectivity index (χ4n) is 8.54.